The molecule has 0 aliphatic carbocycles. The molecule has 118 valence electrons. The first-order valence-corrected chi connectivity index (χ1v) is 8.97. The first kappa shape index (κ1) is 16.0. The van der Waals surface area contributed by atoms with Crippen molar-refractivity contribution in [3.8, 4) is 0 Å². The summed E-state index contributed by atoms with van der Waals surface area (Å²) in [5.74, 6) is 0. The van der Waals surface area contributed by atoms with Crippen LogP contribution in [0.2, 0.25) is 0 Å². The molecule has 2 amide bonds. The summed E-state index contributed by atoms with van der Waals surface area (Å²) >= 11 is 4.93. The molecule has 1 aromatic heterocycles. The number of amides is 2. The molecule has 0 saturated heterocycles. The maximum atomic E-state index is 11.9. The van der Waals surface area contributed by atoms with Gasteiger partial charge in [0.05, 0.1) is 10.2 Å². The number of benzene rings is 2. The second kappa shape index (κ2) is 7.57. The van der Waals surface area contributed by atoms with Crippen LogP contribution in [0.25, 0.3) is 10.2 Å². The molecule has 23 heavy (non-hydrogen) atoms. The summed E-state index contributed by atoms with van der Waals surface area (Å²) in [5.41, 5.74) is 2.16. The Kier molecular flexibility index (Phi) is 5.25. The molecule has 0 fully saturated rings. The standard InChI is InChI=1S/C17H16BrN3OS/c18-13-9-4-10-14-15(13)20-17(23-14)21-16(22)19-11-5-8-12-6-2-1-3-7-12/h1-4,6-7,9-10H,5,8,11H2,(H2,19,20,21,22). The van der Waals surface area contributed by atoms with Crippen molar-refractivity contribution in [1.29, 1.82) is 0 Å². The Morgan fingerprint density at radius 1 is 1.13 bits per heavy atom. The maximum absolute atomic E-state index is 11.9. The number of fused-ring (bicyclic) bond motifs is 1. The van der Waals surface area contributed by atoms with Gasteiger partial charge < -0.3 is 5.32 Å². The van der Waals surface area contributed by atoms with Gasteiger partial charge in [-0.05, 0) is 46.5 Å². The van der Waals surface area contributed by atoms with Gasteiger partial charge in [0.15, 0.2) is 5.13 Å². The van der Waals surface area contributed by atoms with E-state index in [1.807, 2.05) is 36.4 Å². The van der Waals surface area contributed by atoms with Gasteiger partial charge in [-0.15, -0.1) is 0 Å². The maximum Gasteiger partial charge on any atom is 0.321 e. The summed E-state index contributed by atoms with van der Waals surface area (Å²) in [6.07, 6.45) is 1.86. The van der Waals surface area contributed by atoms with E-state index >= 15 is 0 Å². The molecule has 2 aromatic carbocycles. The molecule has 3 aromatic rings. The van der Waals surface area contributed by atoms with Gasteiger partial charge in [0, 0.05) is 11.0 Å². The normalized spacial score (nSPS) is 10.7. The monoisotopic (exact) mass is 389 g/mol. The fourth-order valence-corrected chi connectivity index (χ4v) is 3.72. The fraction of sp³-hybridized carbons (Fsp3) is 0.176. The van der Waals surface area contributed by atoms with Crippen LogP contribution in [0.15, 0.2) is 53.0 Å². The molecule has 2 N–H and O–H groups in total. The number of hydrogen-bond donors (Lipinski definition) is 2. The van der Waals surface area contributed by atoms with Crippen molar-refractivity contribution >= 4 is 48.6 Å². The lowest BCUT2D eigenvalue weighted by atomic mass is 10.1. The van der Waals surface area contributed by atoms with E-state index in [1.54, 1.807) is 0 Å². The van der Waals surface area contributed by atoms with Gasteiger partial charge in [-0.25, -0.2) is 9.78 Å². The highest BCUT2D eigenvalue weighted by atomic mass is 79.9. The number of para-hydroxylation sites is 1. The minimum atomic E-state index is -0.215. The largest absolute Gasteiger partial charge is 0.338 e. The number of anilines is 1. The van der Waals surface area contributed by atoms with E-state index in [1.165, 1.54) is 16.9 Å². The summed E-state index contributed by atoms with van der Waals surface area (Å²) in [6.45, 7) is 0.634. The van der Waals surface area contributed by atoms with Crippen LogP contribution < -0.4 is 10.6 Å². The molecule has 1 heterocycles. The average Bonchev–Trinajstić information content (AvgIpc) is 2.96. The van der Waals surface area contributed by atoms with Crippen molar-refractivity contribution in [2.24, 2.45) is 0 Å². The van der Waals surface area contributed by atoms with Crippen LogP contribution in [0.5, 0.6) is 0 Å². The molecule has 0 saturated carbocycles. The molecule has 0 aliphatic heterocycles. The van der Waals surface area contributed by atoms with Crippen molar-refractivity contribution in [1.82, 2.24) is 10.3 Å². The minimum absolute atomic E-state index is 0.215. The minimum Gasteiger partial charge on any atom is -0.338 e. The van der Waals surface area contributed by atoms with Crippen LogP contribution in [-0.2, 0) is 6.42 Å². The number of aryl methyl sites for hydroxylation is 1. The quantitative estimate of drug-likeness (QED) is 0.614. The van der Waals surface area contributed by atoms with Crippen molar-refractivity contribution < 1.29 is 4.79 Å². The number of aromatic nitrogens is 1. The number of nitrogens with one attached hydrogen (secondary N) is 2. The van der Waals surface area contributed by atoms with E-state index < -0.39 is 0 Å². The molecular weight excluding hydrogens is 374 g/mol. The highest BCUT2D eigenvalue weighted by Gasteiger charge is 2.09. The molecule has 0 bridgehead atoms. The van der Waals surface area contributed by atoms with Gasteiger partial charge in [0.1, 0.15) is 0 Å². The van der Waals surface area contributed by atoms with Gasteiger partial charge in [0.2, 0.25) is 0 Å². The van der Waals surface area contributed by atoms with E-state index in [9.17, 15) is 4.79 Å². The molecule has 0 radical (unpaired) electrons. The van der Waals surface area contributed by atoms with E-state index in [-0.39, 0.29) is 6.03 Å². The molecule has 0 spiro atoms. The second-order valence-electron chi connectivity index (χ2n) is 5.08. The highest BCUT2D eigenvalue weighted by molar-refractivity contribution is 9.10. The predicted molar refractivity (Wildman–Crippen MR) is 99.1 cm³/mol. The van der Waals surface area contributed by atoms with Crippen LogP contribution in [-0.4, -0.2) is 17.6 Å². The van der Waals surface area contributed by atoms with Crippen molar-refractivity contribution in [3.63, 3.8) is 0 Å². The van der Waals surface area contributed by atoms with Crippen molar-refractivity contribution in [2.75, 3.05) is 11.9 Å². The molecule has 0 aliphatic rings. The Labute approximate surface area is 147 Å². The molecular formula is C17H16BrN3OS. The molecule has 0 unspecified atom stereocenters. The SMILES string of the molecule is O=C(NCCCc1ccccc1)Nc1nc2c(Br)cccc2s1. The van der Waals surface area contributed by atoms with Crippen LogP contribution in [0.3, 0.4) is 0 Å². The topological polar surface area (TPSA) is 54.0 Å². The third-order valence-corrected chi connectivity index (χ3v) is 4.94. The van der Waals surface area contributed by atoms with Gasteiger partial charge in [-0.2, -0.15) is 0 Å². The van der Waals surface area contributed by atoms with E-state index in [0.717, 1.165) is 27.5 Å². The number of thiazole rings is 1. The Hall–Kier alpha value is -1.92. The van der Waals surface area contributed by atoms with Gasteiger partial charge in [0.25, 0.3) is 0 Å². The summed E-state index contributed by atoms with van der Waals surface area (Å²) < 4.78 is 1.97. The summed E-state index contributed by atoms with van der Waals surface area (Å²) in [6, 6.07) is 15.9. The van der Waals surface area contributed by atoms with Crippen LogP contribution in [0, 0.1) is 0 Å². The lowest BCUT2D eigenvalue weighted by Gasteiger charge is -2.05. The smallest absolute Gasteiger partial charge is 0.321 e. The average molecular weight is 390 g/mol. The Morgan fingerprint density at radius 2 is 1.96 bits per heavy atom. The van der Waals surface area contributed by atoms with Crippen molar-refractivity contribution in [2.45, 2.75) is 12.8 Å². The Bertz CT molecular complexity index is 804. The zero-order chi connectivity index (χ0) is 16.1. The summed E-state index contributed by atoms with van der Waals surface area (Å²) in [5, 5.41) is 6.26. The van der Waals surface area contributed by atoms with Crippen LogP contribution >= 0.6 is 27.3 Å². The molecule has 4 nitrogen and oxygen atoms in total. The fourth-order valence-electron chi connectivity index (χ4n) is 2.25. The second-order valence-corrected chi connectivity index (χ2v) is 6.96. The zero-order valence-corrected chi connectivity index (χ0v) is 14.8. The number of hydrogen-bond acceptors (Lipinski definition) is 3. The molecule has 0 atom stereocenters. The van der Waals surface area contributed by atoms with Gasteiger partial charge >= 0.3 is 6.03 Å². The van der Waals surface area contributed by atoms with E-state index in [0.29, 0.717) is 11.7 Å². The summed E-state index contributed by atoms with van der Waals surface area (Å²) in [7, 11) is 0. The van der Waals surface area contributed by atoms with E-state index in [4.69, 9.17) is 0 Å². The lowest BCUT2D eigenvalue weighted by Crippen LogP contribution is -2.29. The summed E-state index contributed by atoms with van der Waals surface area (Å²) in [4.78, 5) is 16.3. The predicted octanol–water partition coefficient (Wildman–Crippen LogP) is 4.81. The van der Waals surface area contributed by atoms with Crippen molar-refractivity contribution in [3.05, 3.63) is 58.6 Å². The van der Waals surface area contributed by atoms with E-state index in [2.05, 4.69) is 43.7 Å². The third-order valence-electron chi connectivity index (χ3n) is 3.36. The number of halogens is 1. The van der Waals surface area contributed by atoms with Gasteiger partial charge in [-0.3, -0.25) is 5.32 Å². The number of carbonyl (C=O) groups excluding carboxylic acids is 1. The Balaban J connectivity index is 1.48. The first-order chi connectivity index (χ1) is 11.2. The Morgan fingerprint density at radius 3 is 2.74 bits per heavy atom. The lowest BCUT2D eigenvalue weighted by molar-refractivity contribution is 0.252. The van der Waals surface area contributed by atoms with Crippen LogP contribution in [0.4, 0.5) is 9.93 Å². The molecule has 3 rings (SSSR count). The highest BCUT2D eigenvalue weighted by Crippen LogP contribution is 2.30. The first-order valence-electron chi connectivity index (χ1n) is 7.36. The number of nitrogens with zero attached hydrogens (tertiary/aromatic N) is 1. The third kappa shape index (κ3) is 4.30. The number of rotatable bonds is 5. The van der Waals surface area contributed by atoms with Crippen LogP contribution in [0.1, 0.15) is 12.0 Å². The number of carbonyl (C=O) groups is 1. The molecule has 6 heteroatoms. The van der Waals surface area contributed by atoms with Gasteiger partial charge in [-0.1, -0.05) is 47.7 Å². The zero-order valence-electron chi connectivity index (χ0n) is 12.4. The number of urea groups is 1.